The number of benzene rings is 2. The van der Waals surface area contributed by atoms with Gasteiger partial charge in [0, 0.05) is 37.4 Å². The number of aromatic amines is 1. The Morgan fingerprint density at radius 3 is 2.69 bits per heavy atom. The zero-order valence-electron chi connectivity index (χ0n) is 20.6. The summed E-state index contributed by atoms with van der Waals surface area (Å²) in [5.41, 5.74) is 3.54. The van der Waals surface area contributed by atoms with Crippen molar-refractivity contribution in [2.24, 2.45) is 0 Å². The first-order valence-electron chi connectivity index (χ1n) is 12.1. The molecule has 3 N–H and O–H groups in total. The van der Waals surface area contributed by atoms with Crippen LogP contribution in [0.1, 0.15) is 25.5 Å². The number of nitrogens with one attached hydrogen (secondary N) is 2. The van der Waals surface area contributed by atoms with Crippen LogP contribution in [0.5, 0.6) is 5.75 Å². The lowest BCUT2D eigenvalue weighted by molar-refractivity contribution is -0.0544. The lowest BCUT2D eigenvalue weighted by Crippen LogP contribution is -2.59. The van der Waals surface area contributed by atoms with Gasteiger partial charge in [-0.2, -0.15) is 0 Å². The van der Waals surface area contributed by atoms with E-state index in [1.54, 1.807) is 25.6 Å². The van der Waals surface area contributed by atoms with E-state index in [1.807, 2.05) is 37.3 Å². The summed E-state index contributed by atoms with van der Waals surface area (Å²) in [5, 5.41) is 15.2. The Morgan fingerprint density at radius 2 is 1.94 bits per heavy atom. The Morgan fingerprint density at radius 1 is 1.14 bits per heavy atom. The van der Waals surface area contributed by atoms with Gasteiger partial charge in [-0.3, -0.25) is 10.2 Å². The van der Waals surface area contributed by atoms with E-state index >= 15 is 0 Å². The SMILES string of the molecule is COc1cccc([C@H](C)NC(O)N2CCN(c3ncnc4[nH]c(-c5ccc(F)cc5)cc34)C[C@H]2C)c1. The quantitative estimate of drug-likeness (QED) is 0.339. The number of H-pyrrole nitrogens is 1. The number of aromatic nitrogens is 3. The maximum Gasteiger partial charge on any atom is 0.163 e. The zero-order chi connectivity index (χ0) is 25.2. The Kier molecular flexibility index (Phi) is 6.86. The lowest BCUT2D eigenvalue weighted by atomic mass is 10.1. The third-order valence-electron chi connectivity index (χ3n) is 6.85. The maximum absolute atomic E-state index is 13.4. The van der Waals surface area contributed by atoms with Crippen LogP contribution in [0, 0.1) is 5.82 Å². The highest BCUT2D eigenvalue weighted by molar-refractivity contribution is 5.92. The predicted octanol–water partition coefficient (Wildman–Crippen LogP) is 3.91. The first-order valence-corrected chi connectivity index (χ1v) is 12.1. The molecule has 188 valence electrons. The molecule has 2 aromatic carbocycles. The Hall–Kier alpha value is -3.53. The fraction of sp³-hybridized carbons (Fsp3) is 0.333. The molecule has 1 fully saturated rings. The normalized spacial score (nSPS) is 18.4. The number of anilines is 1. The van der Waals surface area contributed by atoms with Gasteiger partial charge in [0.15, 0.2) is 6.35 Å². The molecule has 0 aliphatic carbocycles. The molecule has 0 bridgehead atoms. The van der Waals surface area contributed by atoms with E-state index in [9.17, 15) is 9.50 Å². The smallest absolute Gasteiger partial charge is 0.163 e. The van der Waals surface area contributed by atoms with E-state index < -0.39 is 6.35 Å². The fourth-order valence-electron chi connectivity index (χ4n) is 4.82. The monoisotopic (exact) mass is 490 g/mol. The van der Waals surface area contributed by atoms with Gasteiger partial charge in [0.05, 0.1) is 12.5 Å². The number of piperazine rings is 1. The van der Waals surface area contributed by atoms with E-state index in [0.717, 1.165) is 39.4 Å². The molecule has 1 aliphatic heterocycles. The van der Waals surface area contributed by atoms with Gasteiger partial charge in [0.25, 0.3) is 0 Å². The minimum Gasteiger partial charge on any atom is -0.497 e. The molecule has 9 heteroatoms. The molecule has 1 saturated heterocycles. The molecule has 1 aliphatic rings. The Bertz CT molecular complexity index is 1330. The van der Waals surface area contributed by atoms with E-state index in [2.05, 4.69) is 37.0 Å². The standard InChI is InChI=1S/C27H31FN6O2/c1-17-15-33(11-12-34(17)27(35)31-18(2)20-5-4-6-22(13-20)36-3)26-23-14-24(32-25(23)29-16-30-26)19-7-9-21(28)10-8-19/h4-10,13-14,16-18,27,31,35H,11-12,15H2,1-3H3,(H,29,30,32)/t17-,18+,27?/m1/s1. The highest BCUT2D eigenvalue weighted by atomic mass is 19.1. The molecule has 36 heavy (non-hydrogen) atoms. The number of ether oxygens (including phenoxy) is 1. The molecule has 2 aromatic heterocycles. The van der Waals surface area contributed by atoms with Crippen LogP contribution >= 0.6 is 0 Å². The summed E-state index contributed by atoms with van der Waals surface area (Å²) in [5.74, 6) is 1.38. The van der Waals surface area contributed by atoms with Gasteiger partial charge in [-0.25, -0.2) is 14.4 Å². The predicted molar refractivity (Wildman–Crippen MR) is 138 cm³/mol. The minimum absolute atomic E-state index is 0.0495. The molecule has 8 nitrogen and oxygen atoms in total. The summed E-state index contributed by atoms with van der Waals surface area (Å²) >= 11 is 0. The summed E-state index contributed by atoms with van der Waals surface area (Å²) in [4.78, 5) is 16.6. The third-order valence-corrected chi connectivity index (χ3v) is 6.85. The van der Waals surface area contributed by atoms with Crippen molar-refractivity contribution < 1.29 is 14.2 Å². The molecule has 0 saturated carbocycles. The molecule has 3 heterocycles. The second kappa shape index (κ2) is 10.2. The third kappa shape index (κ3) is 4.90. The number of fused-ring (bicyclic) bond motifs is 1. The molecule has 0 spiro atoms. The van der Waals surface area contributed by atoms with Gasteiger partial charge in [-0.1, -0.05) is 12.1 Å². The largest absolute Gasteiger partial charge is 0.497 e. The molecule has 4 aromatic rings. The first-order chi connectivity index (χ1) is 17.4. The van der Waals surface area contributed by atoms with Gasteiger partial charge in [-0.05, 0) is 67.4 Å². The van der Waals surface area contributed by atoms with Crippen molar-refractivity contribution in [3.63, 3.8) is 0 Å². The van der Waals surface area contributed by atoms with Crippen LogP contribution in [0.2, 0.25) is 0 Å². The second-order valence-electron chi connectivity index (χ2n) is 9.22. The summed E-state index contributed by atoms with van der Waals surface area (Å²) < 4.78 is 18.7. The summed E-state index contributed by atoms with van der Waals surface area (Å²) in [6.07, 6.45) is 0.775. The van der Waals surface area contributed by atoms with Crippen molar-refractivity contribution in [1.82, 2.24) is 25.2 Å². The number of halogens is 1. The van der Waals surface area contributed by atoms with Crippen LogP contribution in [-0.4, -0.2) is 64.1 Å². The molecule has 1 unspecified atom stereocenters. The number of methoxy groups -OCH3 is 1. The van der Waals surface area contributed by atoms with Gasteiger partial charge >= 0.3 is 0 Å². The van der Waals surface area contributed by atoms with E-state index in [0.29, 0.717) is 19.6 Å². The fourth-order valence-corrected chi connectivity index (χ4v) is 4.82. The van der Waals surface area contributed by atoms with Crippen molar-refractivity contribution in [2.45, 2.75) is 32.3 Å². The van der Waals surface area contributed by atoms with Gasteiger partial charge in [0.2, 0.25) is 0 Å². The number of aliphatic hydroxyl groups is 1. The molecule has 3 atom stereocenters. The number of nitrogens with zero attached hydrogens (tertiary/aromatic N) is 4. The number of rotatable bonds is 7. The van der Waals surface area contributed by atoms with E-state index in [-0.39, 0.29) is 17.9 Å². The second-order valence-corrected chi connectivity index (χ2v) is 9.22. The maximum atomic E-state index is 13.4. The zero-order valence-corrected chi connectivity index (χ0v) is 20.6. The van der Waals surface area contributed by atoms with Crippen LogP contribution in [-0.2, 0) is 0 Å². The van der Waals surface area contributed by atoms with Crippen LogP contribution in [0.15, 0.2) is 60.9 Å². The molecular formula is C27H31FN6O2. The van der Waals surface area contributed by atoms with Crippen LogP contribution < -0.4 is 15.0 Å². The topological polar surface area (TPSA) is 89.5 Å². The van der Waals surface area contributed by atoms with Gasteiger partial charge in [0.1, 0.15) is 29.4 Å². The molecule has 5 rings (SSSR count). The van der Waals surface area contributed by atoms with Crippen molar-refractivity contribution in [1.29, 1.82) is 0 Å². The van der Waals surface area contributed by atoms with E-state index in [1.165, 1.54) is 12.1 Å². The van der Waals surface area contributed by atoms with E-state index in [4.69, 9.17) is 4.74 Å². The lowest BCUT2D eigenvalue weighted by Gasteiger charge is -2.43. The van der Waals surface area contributed by atoms with Crippen molar-refractivity contribution >= 4 is 16.9 Å². The van der Waals surface area contributed by atoms with Crippen molar-refractivity contribution in [3.05, 3.63) is 72.3 Å². The van der Waals surface area contributed by atoms with Crippen LogP contribution in [0.25, 0.3) is 22.3 Å². The number of hydrogen-bond donors (Lipinski definition) is 3. The van der Waals surface area contributed by atoms with Gasteiger partial charge in [-0.15, -0.1) is 0 Å². The number of aliphatic hydroxyl groups excluding tert-OH is 1. The van der Waals surface area contributed by atoms with Gasteiger partial charge < -0.3 is 19.7 Å². The van der Waals surface area contributed by atoms with Crippen LogP contribution in [0.4, 0.5) is 10.2 Å². The molecule has 0 radical (unpaired) electrons. The van der Waals surface area contributed by atoms with Crippen molar-refractivity contribution in [3.8, 4) is 17.0 Å². The molecule has 0 amide bonds. The Balaban J connectivity index is 1.29. The molecular weight excluding hydrogens is 459 g/mol. The first kappa shape index (κ1) is 24.2. The minimum atomic E-state index is -0.786. The van der Waals surface area contributed by atoms with Crippen molar-refractivity contribution in [2.75, 3.05) is 31.6 Å². The average Bonchev–Trinajstić information content (AvgIpc) is 3.33. The highest BCUT2D eigenvalue weighted by Gasteiger charge is 2.30. The average molecular weight is 491 g/mol. The summed E-state index contributed by atoms with van der Waals surface area (Å²) in [6, 6.07) is 16.3. The summed E-state index contributed by atoms with van der Waals surface area (Å²) in [6.45, 7) is 6.21. The number of hydrogen-bond acceptors (Lipinski definition) is 7. The highest BCUT2D eigenvalue weighted by Crippen LogP contribution is 2.30. The Labute approximate surface area is 209 Å². The summed E-state index contributed by atoms with van der Waals surface area (Å²) in [7, 11) is 1.65. The van der Waals surface area contributed by atoms with Crippen LogP contribution in [0.3, 0.4) is 0 Å².